The normalized spacial score (nSPS) is 32.3. The molecule has 0 aromatic heterocycles. The van der Waals surface area contributed by atoms with Crippen molar-refractivity contribution in [3.8, 4) is 0 Å². The zero-order valence-electron chi connectivity index (χ0n) is 7.67. The van der Waals surface area contributed by atoms with Gasteiger partial charge in [-0.15, -0.1) is 0 Å². The molecule has 0 amide bonds. The lowest BCUT2D eigenvalue weighted by atomic mass is 9.84. The molecule has 11 heavy (non-hydrogen) atoms. The highest BCUT2D eigenvalue weighted by Crippen LogP contribution is 2.27. The average Bonchev–Trinajstić information content (AvgIpc) is 1.94. The van der Waals surface area contributed by atoms with Gasteiger partial charge in [0.25, 0.3) is 0 Å². The Bertz CT molecular complexity index is 158. The lowest BCUT2D eigenvalue weighted by Gasteiger charge is -2.25. The molecule has 0 spiro atoms. The molecule has 0 aliphatic heterocycles. The Morgan fingerprint density at radius 1 is 1.55 bits per heavy atom. The number of aliphatic hydroxyl groups is 1. The SMILES string of the molecule is CC(C)C1=C[C@H](O)[C@@H](C)CC1. The van der Waals surface area contributed by atoms with Gasteiger partial charge >= 0.3 is 0 Å². The highest BCUT2D eigenvalue weighted by molar-refractivity contribution is 5.11. The van der Waals surface area contributed by atoms with Gasteiger partial charge in [0.15, 0.2) is 0 Å². The van der Waals surface area contributed by atoms with Gasteiger partial charge in [-0.25, -0.2) is 0 Å². The lowest BCUT2D eigenvalue weighted by Crippen LogP contribution is -2.21. The van der Waals surface area contributed by atoms with Crippen LogP contribution in [0.5, 0.6) is 0 Å². The summed E-state index contributed by atoms with van der Waals surface area (Å²) in [5.41, 5.74) is 1.43. The molecule has 1 nitrogen and oxygen atoms in total. The van der Waals surface area contributed by atoms with Crippen molar-refractivity contribution >= 4 is 0 Å². The zero-order valence-corrected chi connectivity index (χ0v) is 7.67. The molecule has 0 saturated heterocycles. The van der Waals surface area contributed by atoms with Gasteiger partial charge in [0.05, 0.1) is 6.10 Å². The minimum Gasteiger partial charge on any atom is -0.389 e. The Labute approximate surface area is 69.1 Å². The van der Waals surface area contributed by atoms with Crippen molar-refractivity contribution in [2.24, 2.45) is 11.8 Å². The summed E-state index contributed by atoms with van der Waals surface area (Å²) in [5, 5.41) is 9.52. The summed E-state index contributed by atoms with van der Waals surface area (Å²) in [5.74, 6) is 1.06. The van der Waals surface area contributed by atoms with Gasteiger partial charge in [0, 0.05) is 0 Å². The van der Waals surface area contributed by atoms with Crippen molar-refractivity contribution < 1.29 is 5.11 Å². The summed E-state index contributed by atoms with van der Waals surface area (Å²) in [7, 11) is 0. The predicted molar refractivity (Wildman–Crippen MR) is 47.3 cm³/mol. The first kappa shape index (κ1) is 8.79. The minimum atomic E-state index is -0.193. The smallest absolute Gasteiger partial charge is 0.0749 e. The van der Waals surface area contributed by atoms with Crippen LogP contribution in [0.25, 0.3) is 0 Å². The lowest BCUT2D eigenvalue weighted by molar-refractivity contribution is 0.146. The summed E-state index contributed by atoms with van der Waals surface area (Å²) in [6.45, 7) is 6.49. The van der Waals surface area contributed by atoms with Crippen molar-refractivity contribution in [1.29, 1.82) is 0 Å². The number of allylic oxidation sites excluding steroid dienone is 1. The van der Waals surface area contributed by atoms with Crippen molar-refractivity contribution in [3.05, 3.63) is 11.6 Å². The van der Waals surface area contributed by atoms with Crippen LogP contribution >= 0.6 is 0 Å². The number of aliphatic hydroxyl groups excluding tert-OH is 1. The van der Waals surface area contributed by atoms with E-state index in [0.29, 0.717) is 11.8 Å². The van der Waals surface area contributed by atoms with Crippen LogP contribution in [-0.4, -0.2) is 11.2 Å². The molecule has 0 bridgehead atoms. The average molecular weight is 154 g/mol. The first-order valence-corrected chi connectivity index (χ1v) is 4.50. The van der Waals surface area contributed by atoms with E-state index in [4.69, 9.17) is 0 Å². The second-order valence-corrected chi connectivity index (χ2v) is 3.90. The van der Waals surface area contributed by atoms with Crippen LogP contribution in [-0.2, 0) is 0 Å². The highest BCUT2D eigenvalue weighted by Gasteiger charge is 2.19. The third-order valence-corrected chi connectivity index (χ3v) is 2.60. The maximum absolute atomic E-state index is 9.52. The second kappa shape index (κ2) is 3.40. The molecule has 64 valence electrons. The molecular weight excluding hydrogens is 136 g/mol. The molecule has 0 aromatic carbocycles. The Hall–Kier alpha value is -0.300. The van der Waals surface area contributed by atoms with Gasteiger partial charge in [-0.3, -0.25) is 0 Å². The van der Waals surface area contributed by atoms with Crippen LogP contribution in [0.2, 0.25) is 0 Å². The molecule has 0 aromatic rings. The Morgan fingerprint density at radius 3 is 2.64 bits per heavy atom. The van der Waals surface area contributed by atoms with Crippen molar-refractivity contribution in [2.75, 3.05) is 0 Å². The van der Waals surface area contributed by atoms with Crippen LogP contribution in [0.3, 0.4) is 0 Å². The molecule has 0 fully saturated rings. The molecule has 1 rings (SSSR count). The maximum Gasteiger partial charge on any atom is 0.0749 e. The van der Waals surface area contributed by atoms with E-state index in [1.54, 1.807) is 0 Å². The van der Waals surface area contributed by atoms with Crippen LogP contribution < -0.4 is 0 Å². The molecule has 0 unspecified atom stereocenters. The minimum absolute atomic E-state index is 0.193. The summed E-state index contributed by atoms with van der Waals surface area (Å²) < 4.78 is 0. The van der Waals surface area contributed by atoms with E-state index in [-0.39, 0.29) is 6.10 Å². The van der Waals surface area contributed by atoms with Gasteiger partial charge in [-0.1, -0.05) is 32.4 Å². The molecule has 1 aliphatic carbocycles. The molecule has 1 aliphatic rings. The fourth-order valence-corrected chi connectivity index (χ4v) is 1.51. The van der Waals surface area contributed by atoms with Crippen LogP contribution in [0, 0.1) is 11.8 Å². The first-order valence-electron chi connectivity index (χ1n) is 4.50. The summed E-state index contributed by atoms with van der Waals surface area (Å²) >= 11 is 0. The number of rotatable bonds is 1. The van der Waals surface area contributed by atoms with E-state index in [1.165, 1.54) is 12.0 Å². The Morgan fingerprint density at radius 2 is 2.18 bits per heavy atom. The van der Waals surface area contributed by atoms with Gasteiger partial charge in [-0.05, 0) is 24.7 Å². The van der Waals surface area contributed by atoms with E-state index in [1.807, 2.05) is 6.08 Å². The Kier molecular flexibility index (Phi) is 2.72. The largest absolute Gasteiger partial charge is 0.389 e. The van der Waals surface area contributed by atoms with E-state index < -0.39 is 0 Å². The third-order valence-electron chi connectivity index (χ3n) is 2.60. The number of hydrogen-bond donors (Lipinski definition) is 1. The van der Waals surface area contributed by atoms with Gasteiger partial charge in [0.1, 0.15) is 0 Å². The third kappa shape index (κ3) is 2.06. The second-order valence-electron chi connectivity index (χ2n) is 3.90. The molecule has 0 radical (unpaired) electrons. The van der Waals surface area contributed by atoms with E-state index in [0.717, 1.165) is 6.42 Å². The molecule has 0 saturated carbocycles. The molecule has 1 heteroatoms. The standard InChI is InChI=1S/C10H18O/c1-7(2)9-5-4-8(3)10(11)6-9/h6-8,10-11H,4-5H2,1-3H3/t8-,10-/m0/s1. The van der Waals surface area contributed by atoms with Crippen LogP contribution in [0.1, 0.15) is 33.6 Å². The van der Waals surface area contributed by atoms with Gasteiger partial charge in [0.2, 0.25) is 0 Å². The molecule has 0 heterocycles. The molecular formula is C10H18O. The van der Waals surface area contributed by atoms with E-state index in [2.05, 4.69) is 20.8 Å². The van der Waals surface area contributed by atoms with Crippen LogP contribution in [0.15, 0.2) is 11.6 Å². The van der Waals surface area contributed by atoms with Crippen molar-refractivity contribution in [3.63, 3.8) is 0 Å². The Balaban J connectivity index is 2.63. The summed E-state index contributed by atoms with van der Waals surface area (Å²) in [6, 6.07) is 0. The summed E-state index contributed by atoms with van der Waals surface area (Å²) in [4.78, 5) is 0. The predicted octanol–water partition coefficient (Wildman–Crippen LogP) is 2.36. The molecule has 1 N–H and O–H groups in total. The number of hydrogen-bond acceptors (Lipinski definition) is 1. The van der Waals surface area contributed by atoms with Gasteiger partial charge < -0.3 is 5.11 Å². The fourth-order valence-electron chi connectivity index (χ4n) is 1.51. The van der Waals surface area contributed by atoms with Crippen molar-refractivity contribution in [1.82, 2.24) is 0 Å². The maximum atomic E-state index is 9.52. The van der Waals surface area contributed by atoms with E-state index in [9.17, 15) is 5.11 Å². The highest BCUT2D eigenvalue weighted by atomic mass is 16.3. The van der Waals surface area contributed by atoms with Crippen molar-refractivity contribution in [2.45, 2.75) is 39.7 Å². The van der Waals surface area contributed by atoms with Gasteiger partial charge in [-0.2, -0.15) is 0 Å². The van der Waals surface area contributed by atoms with Crippen LogP contribution in [0.4, 0.5) is 0 Å². The zero-order chi connectivity index (χ0) is 8.43. The summed E-state index contributed by atoms with van der Waals surface area (Å²) in [6.07, 6.45) is 4.17. The first-order chi connectivity index (χ1) is 5.11. The fraction of sp³-hybridized carbons (Fsp3) is 0.800. The molecule has 2 atom stereocenters. The van der Waals surface area contributed by atoms with E-state index >= 15 is 0 Å². The topological polar surface area (TPSA) is 20.2 Å². The monoisotopic (exact) mass is 154 g/mol. The quantitative estimate of drug-likeness (QED) is 0.575.